The molecule has 2 aliphatic rings. The quantitative estimate of drug-likeness (QED) is 0.588. The molecule has 0 radical (unpaired) electrons. The maximum atomic E-state index is 11.7. The molecule has 82 valence electrons. The van der Waals surface area contributed by atoms with Crippen molar-refractivity contribution in [2.75, 3.05) is 0 Å². The Kier molecular flexibility index (Phi) is 2.35. The van der Waals surface area contributed by atoms with Gasteiger partial charge in [0.15, 0.2) is 5.12 Å². The number of hydrogen-bond acceptors (Lipinski definition) is 5. The molecule has 15 heavy (non-hydrogen) atoms. The minimum atomic E-state index is -1.05. The van der Waals surface area contributed by atoms with Crippen molar-refractivity contribution in [3.63, 3.8) is 0 Å². The highest BCUT2D eigenvalue weighted by atomic mass is 32.2. The van der Waals surface area contributed by atoms with Crippen LogP contribution in [-0.2, 0) is 14.4 Å². The number of rotatable bonds is 1. The monoisotopic (exact) mass is 229 g/mol. The highest BCUT2D eigenvalue weighted by Crippen LogP contribution is 2.49. The fourth-order valence-electron chi connectivity index (χ4n) is 2.35. The van der Waals surface area contributed by atoms with Crippen molar-refractivity contribution >= 4 is 28.7 Å². The van der Waals surface area contributed by atoms with Crippen LogP contribution >= 0.6 is 11.8 Å². The maximum absolute atomic E-state index is 11.7. The van der Waals surface area contributed by atoms with Gasteiger partial charge in [-0.2, -0.15) is 0 Å². The topological polar surface area (TPSA) is 83.5 Å². The highest BCUT2D eigenvalue weighted by Gasteiger charge is 2.62. The van der Waals surface area contributed by atoms with Gasteiger partial charge in [-0.3, -0.25) is 19.7 Å². The number of carbonyl (C=O) groups excluding carboxylic acids is 3. The van der Waals surface area contributed by atoms with Gasteiger partial charge in [0.2, 0.25) is 11.8 Å². The average Bonchev–Trinajstić information content (AvgIpc) is 2.53. The van der Waals surface area contributed by atoms with Crippen molar-refractivity contribution in [1.29, 1.82) is 0 Å². The molecule has 2 amide bonds. The summed E-state index contributed by atoms with van der Waals surface area (Å²) >= 11 is 0.864. The molecule has 0 aromatic carbocycles. The van der Waals surface area contributed by atoms with Crippen LogP contribution in [0.4, 0.5) is 0 Å². The molecule has 1 saturated heterocycles. The van der Waals surface area contributed by atoms with E-state index in [0.29, 0.717) is 12.8 Å². The smallest absolute Gasteiger partial charge is 0.244 e. The molecule has 0 spiro atoms. The largest absolute Gasteiger partial charge is 0.392 e. The molecule has 1 aliphatic carbocycles. The Morgan fingerprint density at radius 3 is 2.87 bits per heavy atom. The summed E-state index contributed by atoms with van der Waals surface area (Å²) < 4.78 is -1.05. The molecule has 0 unspecified atom stereocenters. The summed E-state index contributed by atoms with van der Waals surface area (Å²) in [7, 11) is 0. The molecule has 0 aromatic heterocycles. The van der Waals surface area contributed by atoms with E-state index in [1.165, 1.54) is 6.92 Å². The van der Waals surface area contributed by atoms with E-state index in [2.05, 4.69) is 5.32 Å². The summed E-state index contributed by atoms with van der Waals surface area (Å²) in [6.45, 7) is 1.36. The van der Waals surface area contributed by atoms with Crippen LogP contribution in [0.25, 0.3) is 0 Å². The van der Waals surface area contributed by atoms with E-state index in [4.69, 9.17) is 0 Å². The van der Waals surface area contributed by atoms with Crippen LogP contribution < -0.4 is 5.32 Å². The first-order valence-electron chi connectivity index (χ1n) is 4.70. The second-order valence-corrected chi connectivity index (χ2v) is 5.39. The van der Waals surface area contributed by atoms with E-state index in [-0.39, 0.29) is 5.12 Å². The van der Waals surface area contributed by atoms with Crippen LogP contribution in [-0.4, -0.2) is 32.9 Å². The zero-order chi connectivity index (χ0) is 11.2. The van der Waals surface area contributed by atoms with Crippen molar-refractivity contribution in [2.45, 2.75) is 30.6 Å². The third-order valence-electron chi connectivity index (χ3n) is 2.93. The van der Waals surface area contributed by atoms with Crippen LogP contribution in [0, 0.1) is 5.92 Å². The third kappa shape index (κ3) is 1.39. The van der Waals surface area contributed by atoms with E-state index < -0.39 is 28.6 Å². The summed E-state index contributed by atoms with van der Waals surface area (Å²) in [4.78, 5) is 34.2. The summed E-state index contributed by atoms with van der Waals surface area (Å²) in [6.07, 6.45) is -0.0478. The van der Waals surface area contributed by atoms with Gasteiger partial charge in [-0.05, 0) is 12.8 Å². The van der Waals surface area contributed by atoms with Gasteiger partial charge in [0.1, 0.15) is 4.75 Å². The van der Waals surface area contributed by atoms with Gasteiger partial charge >= 0.3 is 0 Å². The van der Waals surface area contributed by atoms with E-state index in [1.807, 2.05) is 0 Å². The lowest BCUT2D eigenvalue weighted by molar-refractivity contribution is -0.127. The molecular weight excluding hydrogens is 218 g/mol. The van der Waals surface area contributed by atoms with Gasteiger partial charge in [-0.25, -0.2) is 0 Å². The molecule has 2 fully saturated rings. The number of imide groups is 1. The molecule has 0 bridgehead atoms. The summed E-state index contributed by atoms with van der Waals surface area (Å²) in [6, 6.07) is 0. The zero-order valence-corrected chi connectivity index (χ0v) is 8.97. The maximum Gasteiger partial charge on any atom is 0.244 e. The molecule has 0 aromatic rings. The Bertz CT molecular complexity index is 356. The first-order chi connectivity index (χ1) is 6.97. The number of aliphatic hydroxyl groups excluding tert-OH is 1. The van der Waals surface area contributed by atoms with E-state index in [1.54, 1.807) is 0 Å². The van der Waals surface area contributed by atoms with E-state index in [0.717, 1.165) is 11.8 Å². The molecule has 2 N–H and O–H groups in total. The van der Waals surface area contributed by atoms with E-state index in [9.17, 15) is 19.5 Å². The molecule has 1 aliphatic heterocycles. The van der Waals surface area contributed by atoms with E-state index >= 15 is 0 Å². The SMILES string of the molecule is CC(=O)S[C@]12CC[C@@H](O)[C@H]1C(=O)NC2=O. The van der Waals surface area contributed by atoms with Gasteiger partial charge in [0, 0.05) is 6.92 Å². The van der Waals surface area contributed by atoms with Crippen LogP contribution in [0.2, 0.25) is 0 Å². The average molecular weight is 229 g/mol. The number of aliphatic hydroxyl groups is 1. The molecule has 1 saturated carbocycles. The van der Waals surface area contributed by atoms with Gasteiger partial charge in [0.25, 0.3) is 0 Å². The molecule has 2 rings (SSSR count). The predicted molar refractivity (Wildman–Crippen MR) is 52.9 cm³/mol. The lowest BCUT2D eigenvalue weighted by atomic mass is 9.97. The summed E-state index contributed by atoms with van der Waals surface area (Å²) in [5.74, 6) is -1.66. The summed E-state index contributed by atoms with van der Waals surface area (Å²) in [5.41, 5.74) is 0. The number of nitrogens with one attached hydrogen (secondary N) is 1. The minimum absolute atomic E-state index is 0.209. The Morgan fingerprint density at radius 1 is 1.60 bits per heavy atom. The van der Waals surface area contributed by atoms with Gasteiger partial charge in [-0.15, -0.1) is 0 Å². The highest BCUT2D eigenvalue weighted by molar-refractivity contribution is 8.15. The first-order valence-corrected chi connectivity index (χ1v) is 5.52. The van der Waals surface area contributed by atoms with Crippen molar-refractivity contribution < 1.29 is 19.5 Å². The Labute approximate surface area is 90.6 Å². The Balaban J connectivity index is 2.38. The van der Waals surface area contributed by atoms with Crippen molar-refractivity contribution in [3.8, 4) is 0 Å². The fourth-order valence-corrected chi connectivity index (χ4v) is 3.62. The number of thioether (sulfide) groups is 1. The van der Waals surface area contributed by atoms with Crippen molar-refractivity contribution in [1.82, 2.24) is 5.32 Å². The lowest BCUT2D eigenvalue weighted by Gasteiger charge is -2.22. The Hall–Kier alpha value is -0.880. The normalized spacial score (nSPS) is 39.1. The van der Waals surface area contributed by atoms with Crippen LogP contribution in [0.15, 0.2) is 0 Å². The van der Waals surface area contributed by atoms with Crippen LogP contribution in [0.1, 0.15) is 19.8 Å². The molecular formula is C9H11NO4S. The molecule has 6 heteroatoms. The lowest BCUT2D eigenvalue weighted by Crippen LogP contribution is -2.38. The van der Waals surface area contributed by atoms with Crippen LogP contribution in [0.3, 0.4) is 0 Å². The van der Waals surface area contributed by atoms with Gasteiger partial charge in [-0.1, -0.05) is 11.8 Å². The summed E-state index contributed by atoms with van der Waals surface area (Å²) in [5, 5.41) is 11.6. The second kappa shape index (κ2) is 3.31. The first kappa shape index (κ1) is 10.6. The number of fused-ring (bicyclic) bond motifs is 1. The second-order valence-electron chi connectivity index (χ2n) is 3.89. The fraction of sp³-hybridized carbons (Fsp3) is 0.667. The van der Waals surface area contributed by atoms with Crippen molar-refractivity contribution in [2.24, 2.45) is 5.92 Å². The molecule has 1 heterocycles. The standard InChI is InChI=1S/C9H11NO4S/c1-4(11)15-9-3-2-5(12)6(9)7(13)10-8(9)14/h5-6,12H,2-3H2,1H3,(H,10,13,14)/t5-,6+,9-/m1/s1. The third-order valence-corrected chi connectivity index (χ3v) is 4.22. The molecule has 5 nitrogen and oxygen atoms in total. The predicted octanol–water partition coefficient (Wildman–Crippen LogP) is -0.568. The number of hydrogen-bond donors (Lipinski definition) is 2. The Morgan fingerprint density at radius 2 is 2.27 bits per heavy atom. The van der Waals surface area contributed by atoms with Gasteiger partial charge < -0.3 is 5.11 Å². The zero-order valence-electron chi connectivity index (χ0n) is 8.15. The number of carbonyl (C=O) groups is 3. The van der Waals surface area contributed by atoms with Crippen molar-refractivity contribution in [3.05, 3.63) is 0 Å². The molecule has 3 atom stereocenters. The minimum Gasteiger partial charge on any atom is -0.392 e. The number of amides is 2. The van der Waals surface area contributed by atoms with Gasteiger partial charge in [0.05, 0.1) is 12.0 Å². The van der Waals surface area contributed by atoms with Crippen LogP contribution in [0.5, 0.6) is 0 Å².